The van der Waals surface area contributed by atoms with E-state index >= 15 is 0 Å². The number of rotatable bonds is 12. The number of hydrogen-bond donors (Lipinski definition) is 2. The minimum absolute atomic E-state index is 0.0630. The van der Waals surface area contributed by atoms with Gasteiger partial charge in [-0.15, -0.1) is 12.8 Å². The zero-order valence-corrected chi connectivity index (χ0v) is 26.4. The van der Waals surface area contributed by atoms with Crippen molar-refractivity contribution in [1.82, 2.24) is 4.90 Å². The summed E-state index contributed by atoms with van der Waals surface area (Å²) in [6.07, 6.45) is 20.5. The lowest BCUT2D eigenvalue weighted by Crippen LogP contribution is -2.32. The smallest absolute Gasteiger partial charge is 0.222 e. The van der Waals surface area contributed by atoms with E-state index < -0.39 is 17.7 Å². The van der Waals surface area contributed by atoms with Crippen molar-refractivity contribution < 1.29 is 19.1 Å². The SMILES string of the molecule is C#C.CC(C)CC(CC(N)=O)C(N)=O.CC/C=C(\C=C(/C)Oc1ccccc1)CN1CCCCCC1=O.CCCC. The van der Waals surface area contributed by atoms with Crippen molar-refractivity contribution >= 4 is 17.7 Å². The number of nitrogens with zero attached hydrogens (tertiary/aromatic N) is 1. The number of unbranched alkanes of at least 4 members (excludes halogenated alkanes) is 1. The number of primary amides is 2. The van der Waals surface area contributed by atoms with Gasteiger partial charge in [-0.3, -0.25) is 14.4 Å². The molecule has 1 atom stereocenters. The van der Waals surface area contributed by atoms with Gasteiger partial charge in [0.15, 0.2) is 0 Å². The van der Waals surface area contributed by atoms with E-state index in [0.29, 0.717) is 25.3 Å². The monoisotopic (exact) mass is 569 g/mol. The number of nitrogens with two attached hydrogens (primary N) is 2. The first-order valence-electron chi connectivity index (χ1n) is 14.8. The summed E-state index contributed by atoms with van der Waals surface area (Å²) in [4.78, 5) is 35.5. The summed E-state index contributed by atoms with van der Waals surface area (Å²) in [6, 6.07) is 9.78. The number of carbonyl (C=O) groups is 3. The number of ether oxygens (including phenoxy) is 1. The number of terminal acetylenes is 1. The highest BCUT2D eigenvalue weighted by Crippen LogP contribution is 2.17. The predicted octanol–water partition coefficient (Wildman–Crippen LogP) is 6.77. The third kappa shape index (κ3) is 21.9. The van der Waals surface area contributed by atoms with Gasteiger partial charge in [0, 0.05) is 31.8 Å². The molecule has 1 aromatic carbocycles. The highest BCUT2D eigenvalue weighted by molar-refractivity contribution is 5.83. The van der Waals surface area contributed by atoms with Gasteiger partial charge in [-0.25, -0.2) is 0 Å². The Bertz CT molecular complexity index is 934. The van der Waals surface area contributed by atoms with Gasteiger partial charge >= 0.3 is 0 Å². The summed E-state index contributed by atoms with van der Waals surface area (Å²) in [5.74, 6) is 0.993. The Labute approximate surface area is 249 Å². The van der Waals surface area contributed by atoms with E-state index in [0.717, 1.165) is 49.3 Å². The minimum atomic E-state index is -0.473. The van der Waals surface area contributed by atoms with Gasteiger partial charge in [-0.1, -0.05) is 78.2 Å². The van der Waals surface area contributed by atoms with Crippen LogP contribution in [0.15, 0.2) is 53.8 Å². The van der Waals surface area contributed by atoms with E-state index in [-0.39, 0.29) is 12.3 Å². The molecule has 3 amide bonds. The molecule has 0 bridgehead atoms. The standard InChI is InChI=1S/C20H27NO2.C8H16N2O2.C4H10.C2H2/c1-3-10-18(16-21-14-9-5-8-13-20(21)22)15-17(2)23-19-11-6-4-7-12-19;1-5(2)3-6(8(10)12)4-7(9)11;1-3-4-2;1-2/h4,6-7,10-12,15H,3,5,8-9,13-14,16H2,1-2H3;5-6H,3-4H2,1-2H3,(H2,9,11)(H2,10,12);3-4H2,1-2H3;1-2H/b17-15+,18-10+;;;. The Morgan fingerprint density at radius 3 is 2.12 bits per heavy atom. The molecule has 0 radical (unpaired) electrons. The summed E-state index contributed by atoms with van der Waals surface area (Å²) in [6.45, 7) is 13.9. The lowest BCUT2D eigenvalue weighted by atomic mass is 9.93. The van der Waals surface area contributed by atoms with E-state index in [4.69, 9.17) is 16.2 Å². The molecule has 1 aliphatic rings. The fourth-order valence-corrected chi connectivity index (χ4v) is 3.93. The van der Waals surface area contributed by atoms with Gasteiger partial charge in [0.1, 0.15) is 11.5 Å². The number of hydrogen-bond acceptors (Lipinski definition) is 4. The maximum absolute atomic E-state index is 12.2. The number of amides is 3. The normalized spacial score (nSPS) is 14.2. The molecule has 2 rings (SSSR count). The first kappa shape index (κ1) is 39.6. The molecule has 1 aliphatic heterocycles. The molecular weight excluding hydrogens is 514 g/mol. The number of likely N-dealkylation sites (tertiary alicyclic amines) is 1. The van der Waals surface area contributed by atoms with Crippen LogP contribution in [-0.2, 0) is 14.4 Å². The molecule has 0 spiro atoms. The van der Waals surface area contributed by atoms with E-state index in [9.17, 15) is 14.4 Å². The molecule has 41 heavy (non-hydrogen) atoms. The van der Waals surface area contributed by atoms with Gasteiger partial charge in [-0.2, -0.15) is 0 Å². The fourth-order valence-electron chi connectivity index (χ4n) is 3.93. The van der Waals surface area contributed by atoms with E-state index in [1.165, 1.54) is 12.8 Å². The quantitative estimate of drug-likeness (QED) is 0.164. The van der Waals surface area contributed by atoms with Crippen LogP contribution in [0.3, 0.4) is 0 Å². The van der Waals surface area contributed by atoms with Gasteiger partial charge in [0.2, 0.25) is 17.7 Å². The maximum atomic E-state index is 12.2. The molecule has 1 aromatic rings. The van der Waals surface area contributed by atoms with Crippen molar-refractivity contribution in [3.63, 3.8) is 0 Å². The Morgan fingerprint density at radius 2 is 1.63 bits per heavy atom. The largest absolute Gasteiger partial charge is 0.462 e. The van der Waals surface area contributed by atoms with Crippen LogP contribution < -0.4 is 16.2 Å². The Morgan fingerprint density at radius 1 is 1.02 bits per heavy atom. The lowest BCUT2D eigenvalue weighted by molar-refractivity contribution is -0.130. The minimum Gasteiger partial charge on any atom is -0.462 e. The van der Waals surface area contributed by atoms with E-state index in [1.807, 2.05) is 56.0 Å². The van der Waals surface area contributed by atoms with Crippen molar-refractivity contribution in [2.45, 2.75) is 99.3 Å². The Hall–Kier alpha value is -3.53. The molecule has 1 unspecified atom stereocenters. The molecule has 4 N–H and O–H groups in total. The van der Waals surface area contributed by atoms with Crippen LogP contribution in [0.25, 0.3) is 0 Å². The van der Waals surface area contributed by atoms with Crippen molar-refractivity contribution in [2.24, 2.45) is 23.3 Å². The van der Waals surface area contributed by atoms with Gasteiger partial charge in [-0.05, 0) is 62.3 Å². The molecule has 7 heteroatoms. The van der Waals surface area contributed by atoms with Gasteiger partial charge in [0.05, 0.1) is 0 Å². The van der Waals surface area contributed by atoms with Crippen LogP contribution in [0.2, 0.25) is 0 Å². The number of para-hydroxylation sites is 1. The van der Waals surface area contributed by atoms with Gasteiger partial charge < -0.3 is 21.1 Å². The third-order valence-electron chi connectivity index (χ3n) is 6.03. The molecule has 0 aliphatic carbocycles. The zero-order valence-electron chi connectivity index (χ0n) is 26.4. The zero-order chi connectivity index (χ0) is 31.6. The van der Waals surface area contributed by atoms with Crippen molar-refractivity contribution in [2.75, 3.05) is 13.1 Å². The van der Waals surface area contributed by atoms with E-state index in [1.54, 1.807) is 0 Å². The Balaban J connectivity index is 0. The van der Waals surface area contributed by atoms with Gasteiger partial charge in [0.25, 0.3) is 0 Å². The topological polar surface area (TPSA) is 116 Å². The maximum Gasteiger partial charge on any atom is 0.222 e. The highest BCUT2D eigenvalue weighted by Gasteiger charge is 2.19. The van der Waals surface area contributed by atoms with Crippen molar-refractivity contribution in [1.29, 1.82) is 0 Å². The number of allylic oxidation sites excluding steroid dienone is 2. The third-order valence-corrected chi connectivity index (χ3v) is 6.03. The van der Waals surface area contributed by atoms with Crippen LogP contribution in [0.4, 0.5) is 0 Å². The second-order valence-electron chi connectivity index (χ2n) is 10.4. The average molecular weight is 570 g/mol. The lowest BCUT2D eigenvalue weighted by Gasteiger charge is -2.21. The number of benzene rings is 1. The molecule has 0 saturated carbocycles. The predicted molar refractivity (Wildman–Crippen MR) is 171 cm³/mol. The molecule has 7 nitrogen and oxygen atoms in total. The van der Waals surface area contributed by atoms with Crippen LogP contribution in [0.5, 0.6) is 5.75 Å². The molecule has 1 fully saturated rings. The summed E-state index contributed by atoms with van der Waals surface area (Å²) in [5, 5.41) is 0. The van der Waals surface area contributed by atoms with E-state index in [2.05, 4.69) is 45.8 Å². The highest BCUT2D eigenvalue weighted by atomic mass is 16.5. The average Bonchev–Trinajstić information content (AvgIpc) is 3.13. The second-order valence-corrected chi connectivity index (χ2v) is 10.4. The second kappa shape index (κ2) is 25.4. The Kier molecular flexibility index (Phi) is 24.6. The van der Waals surface area contributed by atoms with Crippen molar-refractivity contribution in [3.05, 3.63) is 53.8 Å². The summed E-state index contributed by atoms with van der Waals surface area (Å²) < 4.78 is 5.85. The molecule has 230 valence electrons. The molecular formula is C34H55N3O4. The fraction of sp³-hybridized carbons (Fsp3) is 0.559. The van der Waals surface area contributed by atoms with Crippen LogP contribution in [0.1, 0.15) is 99.3 Å². The first-order valence-corrected chi connectivity index (χ1v) is 14.8. The van der Waals surface area contributed by atoms with Crippen LogP contribution in [-0.4, -0.2) is 35.7 Å². The van der Waals surface area contributed by atoms with Crippen LogP contribution in [0, 0.1) is 24.7 Å². The molecule has 0 aromatic heterocycles. The van der Waals surface area contributed by atoms with Crippen LogP contribution >= 0.6 is 0 Å². The number of carbonyl (C=O) groups excluding carboxylic acids is 3. The van der Waals surface area contributed by atoms with Crippen molar-refractivity contribution in [3.8, 4) is 18.6 Å². The summed E-state index contributed by atoms with van der Waals surface area (Å²) in [7, 11) is 0. The summed E-state index contributed by atoms with van der Waals surface area (Å²) >= 11 is 0. The molecule has 1 saturated heterocycles. The first-order chi connectivity index (χ1) is 19.5. The summed E-state index contributed by atoms with van der Waals surface area (Å²) in [5.41, 5.74) is 11.2. The molecule has 1 heterocycles.